The smallest absolute Gasteiger partial charge is 0.355 e. The van der Waals surface area contributed by atoms with Crippen LogP contribution in [0.25, 0.3) is 0 Å². The van der Waals surface area contributed by atoms with Gasteiger partial charge in [0, 0.05) is 23.5 Å². The van der Waals surface area contributed by atoms with Gasteiger partial charge in [-0.2, -0.15) is 0 Å². The number of rotatable bonds is 11. The maximum atomic E-state index is 12.3. The number of nitrogens with zero attached hydrogens (tertiary/aromatic N) is 1. The maximum absolute atomic E-state index is 12.3. The number of hydrogen-bond acceptors (Lipinski definition) is 6. The number of carbonyl (C=O) groups excluding carboxylic acids is 1. The number of allylic oxidation sites excluding steroid dienone is 2. The number of thioether (sulfide) groups is 1. The molecule has 1 saturated carbocycles. The van der Waals surface area contributed by atoms with Crippen molar-refractivity contribution in [2.45, 2.75) is 62.3 Å². The van der Waals surface area contributed by atoms with Gasteiger partial charge in [-0.05, 0) is 38.5 Å². The van der Waals surface area contributed by atoms with Crippen LogP contribution in [0.1, 0.15) is 62.9 Å². The first-order valence-electron chi connectivity index (χ1n) is 9.73. The van der Waals surface area contributed by atoms with Crippen molar-refractivity contribution in [2.24, 2.45) is 11.8 Å². The van der Waals surface area contributed by atoms with E-state index in [0.29, 0.717) is 18.6 Å². The fraction of sp³-hybridized carbons (Fsp3) is 0.571. The summed E-state index contributed by atoms with van der Waals surface area (Å²) >= 11 is 2.83. The summed E-state index contributed by atoms with van der Waals surface area (Å²) in [5.74, 6) is 0.248. The molecule has 0 amide bonds. The van der Waals surface area contributed by atoms with Crippen molar-refractivity contribution in [3.05, 3.63) is 35.4 Å². The lowest BCUT2D eigenvalue weighted by atomic mass is 9.91. The molecule has 3 atom stereocenters. The van der Waals surface area contributed by atoms with Crippen LogP contribution in [0.4, 0.5) is 0 Å². The van der Waals surface area contributed by atoms with Crippen LogP contribution in [0, 0.1) is 11.8 Å². The molecular weight excluding hydrogens is 394 g/mol. The summed E-state index contributed by atoms with van der Waals surface area (Å²) in [6.45, 7) is 3.91. The number of carboxylic acid groups (broad SMARTS) is 1. The van der Waals surface area contributed by atoms with Gasteiger partial charge in [-0.15, -0.1) is 11.3 Å². The molecule has 5 nitrogen and oxygen atoms in total. The van der Waals surface area contributed by atoms with Crippen molar-refractivity contribution in [3.63, 3.8) is 0 Å². The molecule has 0 bridgehead atoms. The van der Waals surface area contributed by atoms with Crippen LogP contribution in [0.15, 0.2) is 34.0 Å². The van der Waals surface area contributed by atoms with Gasteiger partial charge in [0.05, 0.1) is 5.60 Å². The highest BCUT2D eigenvalue weighted by Crippen LogP contribution is 2.35. The van der Waals surface area contributed by atoms with Crippen molar-refractivity contribution in [3.8, 4) is 0 Å². The van der Waals surface area contributed by atoms with Gasteiger partial charge in [0.1, 0.15) is 5.78 Å². The van der Waals surface area contributed by atoms with Crippen LogP contribution in [0.5, 0.6) is 0 Å². The van der Waals surface area contributed by atoms with Gasteiger partial charge in [0.25, 0.3) is 0 Å². The van der Waals surface area contributed by atoms with Crippen molar-refractivity contribution in [2.75, 3.05) is 5.75 Å². The summed E-state index contributed by atoms with van der Waals surface area (Å²) in [5.41, 5.74) is -0.780. The normalized spacial score (nSPS) is 22.3. The standard InChI is InChI=1S/C21H29NO4S2/c1-3-4-5-11-21(2,26)12-6-7-15-8-9-18(23)16(15)10-13-27-20-22-17(14-28-20)19(24)25/h5-7,11,14-16,26H,3-4,8-10,12-13H2,1-2H3,(H,24,25). The Kier molecular flexibility index (Phi) is 8.92. The molecule has 154 valence electrons. The topological polar surface area (TPSA) is 87.5 Å². The van der Waals surface area contributed by atoms with Gasteiger partial charge in [-0.3, -0.25) is 4.79 Å². The third-order valence-electron chi connectivity index (χ3n) is 4.86. The van der Waals surface area contributed by atoms with E-state index in [2.05, 4.69) is 18.0 Å². The Morgan fingerprint density at radius 2 is 2.25 bits per heavy atom. The predicted octanol–water partition coefficient (Wildman–Crippen LogP) is 4.97. The molecule has 1 fully saturated rings. The van der Waals surface area contributed by atoms with Gasteiger partial charge < -0.3 is 10.2 Å². The molecule has 0 aliphatic heterocycles. The summed E-state index contributed by atoms with van der Waals surface area (Å²) < 4.78 is 0.727. The van der Waals surface area contributed by atoms with Crippen molar-refractivity contribution in [1.29, 1.82) is 0 Å². The monoisotopic (exact) mass is 423 g/mol. The van der Waals surface area contributed by atoms with Crippen molar-refractivity contribution in [1.82, 2.24) is 4.98 Å². The second kappa shape index (κ2) is 10.9. The Labute approximate surface area is 175 Å². The Balaban J connectivity index is 1.83. The van der Waals surface area contributed by atoms with Crippen LogP contribution >= 0.6 is 23.1 Å². The molecule has 28 heavy (non-hydrogen) atoms. The van der Waals surface area contributed by atoms with E-state index in [4.69, 9.17) is 5.11 Å². The molecule has 0 radical (unpaired) electrons. The van der Waals surface area contributed by atoms with Crippen LogP contribution in [0.3, 0.4) is 0 Å². The number of aromatic nitrogens is 1. The lowest BCUT2D eigenvalue weighted by Crippen LogP contribution is -2.19. The van der Waals surface area contributed by atoms with E-state index < -0.39 is 11.6 Å². The number of hydrogen-bond donors (Lipinski definition) is 2. The zero-order valence-corrected chi connectivity index (χ0v) is 18.1. The van der Waals surface area contributed by atoms with E-state index in [9.17, 15) is 14.7 Å². The van der Waals surface area contributed by atoms with Crippen LogP contribution in [-0.4, -0.2) is 38.3 Å². The van der Waals surface area contributed by atoms with E-state index in [1.54, 1.807) is 6.92 Å². The fourth-order valence-corrected chi connectivity index (χ4v) is 5.18. The second-order valence-corrected chi connectivity index (χ2v) is 9.60. The first-order chi connectivity index (χ1) is 13.3. The van der Waals surface area contributed by atoms with Crippen LogP contribution in [0.2, 0.25) is 0 Å². The lowest BCUT2D eigenvalue weighted by Gasteiger charge is -2.18. The summed E-state index contributed by atoms with van der Waals surface area (Å²) in [7, 11) is 0. The summed E-state index contributed by atoms with van der Waals surface area (Å²) in [6.07, 6.45) is 12.7. The average molecular weight is 424 g/mol. The minimum Gasteiger partial charge on any atom is -0.476 e. The maximum Gasteiger partial charge on any atom is 0.355 e. The molecule has 1 aromatic rings. The summed E-state index contributed by atoms with van der Waals surface area (Å²) in [4.78, 5) is 27.2. The van der Waals surface area contributed by atoms with E-state index in [-0.39, 0.29) is 17.5 Å². The largest absolute Gasteiger partial charge is 0.476 e. The third-order valence-corrected chi connectivity index (χ3v) is 6.91. The Hall–Kier alpha value is -1.44. The van der Waals surface area contributed by atoms with Crippen LogP contribution < -0.4 is 0 Å². The number of ketones is 1. The second-order valence-electron chi connectivity index (χ2n) is 7.40. The third kappa shape index (κ3) is 7.18. The molecule has 1 heterocycles. The van der Waals surface area contributed by atoms with E-state index in [1.165, 1.54) is 28.5 Å². The average Bonchev–Trinajstić information content (AvgIpc) is 3.23. The molecule has 1 aliphatic carbocycles. The number of aromatic carboxylic acids is 1. The van der Waals surface area contributed by atoms with E-state index in [1.807, 2.05) is 18.2 Å². The minimum absolute atomic E-state index is 0.00300. The summed E-state index contributed by atoms with van der Waals surface area (Å²) in [6, 6.07) is 0. The molecule has 0 saturated heterocycles. The Bertz CT molecular complexity index is 724. The quantitative estimate of drug-likeness (QED) is 0.386. The number of thiazole rings is 1. The molecule has 1 aliphatic rings. The molecule has 2 N–H and O–H groups in total. The Morgan fingerprint density at radius 3 is 2.93 bits per heavy atom. The molecular formula is C21H29NO4S2. The minimum atomic E-state index is -1.01. The van der Waals surface area contributed by atoms with Gasteiger partial charge >= 0.3 is 5.97 Å². The molecule has 0 aromatic carbocycles. The SMILES string of the molecule is CCCC=CC(C)(O)CC=CC1CCC(=O)C1CCSc1nc(C(=O)O)cs1. The zero-order chi connectivity index (χ0) is 20.6. The molecule has 3 unspecified atom stereocenters. The molecule has 1 aromatic heterocycles. The van der Waals surface area contributed by atoms with Crippen molar-refractivity contribution >= 4 is 34.9 Å². The van der Waals surface area contributed by atoms with Crippen molar-refractivity contribution < 1.29 is 19.8 Å². The first kappa shape index (κ1) is 22.8. The molecule has 7 heteroatoms. The Morgan fingerprint density at radius 1 is 1.46 bits per heavy atom. The lowest BCUT2D eigenvalue weighted by molar-refractivity contribution is -0.121. The first-order valence-corrected chi connectivity index (χ1v) is 11.6. The number of carbonyl (C=O) groups is 2. The molecule has 0 spiro atoms. The van der Waals surface area contributed by atoms with E-state index >= 15 is 0 Å². The highest BCUT2D eigenvalue weighted by atomic mass is 32.2. The van der Waals surface area contributed by atoms with E-state index in [0.717, 1.165) is 35.8 Å². The predicted molar refractivity (Wildman–Crippen MR) is 114 cm³/mol. The number of carboxylic acids is 1. The number of aliphatic hydroxyl groups is 1. The zero-order valence-electron chi connectivity index (χ0n) is 16.5. The highest BCUT2D eigenvalue weighted by Gasteiger charge is 2.32. The number of Topliss-reactive ketones (excluding diaryl/α,β-unsaturated/α-hetero) is 1. The van der Waals surface area contributed by atoms with Gasteiger partial charge in [0.15, 0.2) is 10.0 Å². The summed E-state index contributed by atoms with van der Waals surface area (Å²) in [5, 5.41) is 20.9. The fourth-order valence-electron chi connectivity index (χ4n) is 3.29. The highest BCUT2D eigenvalue weighted by molar-refractivity contribution is 8.01. The van der Waals surface area contributed by atoms with Crippen LogP contribution in [-0.2, 0) is 4.79 Å². The van der Waals surface area contributed by atoms with Gasteiger partial charge in [-0.1, -0.05) is 49.4 Å². The van der Waals surface area contributed by atoms with Gasteiger partial charge in [-0.25, -0.2) is 9.78 Å². The van der Waals surface area contributed by atoms with Gasteiger partial charge in [0.2, 0.25) is 0 Å². The molecule has 2 rings (SSSR count). The number of unbranched alkanes of at least 4 members (excludes halogenated alkanes) is 1.